The number of aromatic amines is 1. The predicted molar refractivity (Wildman–Crippen MR) is 47.2 cm³/mol. The molecule has 0 aliphatic rings. The van der Waals surface area contributed by atoms with Gasteiger partial charge in [0.1, 0.15) is 0 Å². The van der Waals surface area contributed by atoms with Gasteiger partial charge >= 0.3 is 0 Å². The zero-order chi connectivity index (χ0) is 7.84. The summed E-state index contributed by atoms with van der Waals surface area (Å²) in [7, 11) is 0. The van der Waals surface area contributed by atoms with Crippen molar-refractivity contribution in [1.82, 2.24) is 4.37 Å². The minimum atomic E-state index is 0.123. The van der Waals surface area contributed by atoms with Gasteiger partial charge in [-0.2, -0.15) is 0 Å². The van der Waals surface area contributed by atoms with Crippen LogP contribution in [-0.2, 0) is 0 Å². The molecule has 0 amide bonds. The van der Waals surface area contributed by atoms with E-state index in [0.717, 1.165) is 28.0 Å². The number of aryl methyl sites for hydroxylation is 1. The lowest BCUT2D eigenvalue weighted by Crippen LogP contribution is -1.89. The summed E-state index contributed by atoms with van der Waals surface area (Å²) in [6.07, 6.45) is 0. The van der Waals surface area contributed by atoms with Crippen molar-refractivity contribution < 1.29 is 0 Å². The average Bonchev–Trinajstić information content (AvgIpc) is 2.34. The van der Waals surface area contributed by atoms with Crippen LogP contribution >= 0.6 is 11.5 Å². The number of fused-ring (bicyclic) bond motifs is 1. The Morgan fingerprint density at radius 3 is 3.00 bits per heavy atom. The Labute approximate surface area is 67.6 Å². The summed E-state index contributed by atoms with van der Waals surface area (Å²) in [6.45, 7) is 1.95. The number of aromatic nitrogens is 1. The lowest BCUT2D eigenvalue weighted by molar-refractivity contribution is 1.52. The second kappa shape index (κ2) is 2.20. The SMILES string of the molecule is Cc1cccc2[nH]sc(=O)c12. The normalized spacial score (nSPS) is 10.6. The second-order valence-electron chi connectivity index (χ2n) is 2.49. The number of H-pyrrole nitrogens is 1. The van der Waals surface area contributed by atoms with Gasteiger partial charge in [-0.15, -0.1) is 0 Å². The zero-order valence-corrected chi connectivity index (χ0v) is 6.87. The van der Waals surface area contributed by atoms with Crippen molar-refractivity contribution in [2.75, 3.05) is 0 Å². The van der Waals surface area contributed by atoms with Crippen molar-refractivity contribution in [1.29, 1.82) is 0 Å². The summed E-state index contributed by atoms with van der Waals surface area (Å²) in [5.41, 5.74) is 1.99. The molecular formula is C8H7NOS. The molecule has 0 fully saturated rings. The lowest BCUT2D eigenvalue weighted by atomic mass is 10.1. The van der Waals surface area contributed by atoms with Crippen LogP contribution in [0.15, 0.2) is 23.0 Å². The molecule has 1 aromatic heterocycles. The van der Waals surface area contributed by atoms with E-state index in [0.29, 0.717) is 0 Å². The topological polar surface area (TPSA) is 32.9 Å². The largest absolute Gasteiger partial charge is 0.307 e. The Morgan fingerprint density at radius 2 is 2.27 bits per heavy atom. The summed E-state index contributed by atoms with van der Waals surface area (Å²) in [6, 6.07) is 5.81. The molecular weight excluding hydrogens is 158 g/mol. The predicted octanol–water partition coefficient (Wildman–Crippen LogP) is 1.90. The monoisotopic (exact) mass is 165 g/mol. The van der Waals surface area contributed by atoms with Crippen molar-refractivity contribution in [3.63, 3.8) is 0 Å². The number of hydrogen-bond acceptors (Lipinski definition) is 2. The van der Waals surface area contributed by atoms with Gasteiger partial charge in [-0.25, -0.2) is 0 Å². The second-order valence-corrected chi connectivity index (χ2v) is 3.27. The highest BCUT2D eigenvalue weighted by atomic mass is 32.1. The number of rotatable bonds is 0. The third kappa shape index (κ3) is 0.886. The van der Waals surface area contributed by atoms with Crippen LogP contribution in [0.3, 0.4) is 0 Å². The first-order valence-corrected chi connectivity index (χ1v) is 4.17. The molecule has 0 bridgehead atoms. The van der Waals surface area contributed by atoms with Crippen LogP contribution in [0.5, 0.6) is 0 Å². The van der Waals surface area contributed by atoms with Gasteiger partial charge in [0.15, 0.2) is 0 Å². The molecule has 3 heteroatoms. The van der Waals surface area contributed by atoms with E-state index in [1.807, 2.05) is 25.1 Å². The fourth-order valence-corrected chi connectivity index (χ4v) is 1.92. The standard InChI is InChI=1S/C8H7NOS/c1-5-3-2-4-6-7(5)8(10)11-9-6/h2-4,9H,1H3. The lowest BCUT2D eigenvalue weighted by Gasteiger charge is -1.90. The fraction of sp³-hybridized carbons (Fsp3) is 0.125. The summed E-state index contributed by atoms with van der Waals surface area (Å²) >= 11 is 1.15. The summed E-state index contributed by atoms with van der Waals surface area (Å²) in [4.78, 5) is 11.2. The van der Waals surface area contributed by atoms with Crippen LogP contribution in [0.1, 0.15) is 5.56 Å². The molecule has 11 heavy (non-hydrogen) atoms. The van der Waals surface area contributed by atoms with Crippen LogP contribution < -0.4 is 4.74 Å². The fourth-order valence-electron chi connectivity index (χ4n) is 1.18. The maximum Gasteiger partial charge on any atom is 0.257 e. The molecule has 0 saturated heterocycles. The van der Waals surface area contributed by atoms with Gasteiger partial charge in [0.05, 0.1) is 10.9 Å². The maximum absolute atomic E-state index is 11.2. The van der Waals surface area contributed by atoms with Crippen LogP contribution in [0.25, 0.3) is 10.9 Å². The van der Waals surface area contributed by atoms with Crippen molar-refractivity contribution in [3.8, 4) is 0 Å². The summed E-state index contributed by atoms with van der Waals surface area (Å²) < 4.78 is 3.08. The van der Waals surface area contributed by atoms with Gasteiger partial charge in [0.2, 0.25) is 0 Å². The van der Waals surface area contributed by atoms with E-state index < -0.39 is 0 Å². The Hall–Kier alpha value is -1.09. The first kappa shape index (κ1) is 6.61. The van der Waals surface area contributed by atoms with E-state index in [4.69, 9.17) is 0 Å². The van der Waals surface area contributed by atoms with E-state index in [9.17, 15) is 4.79 Å². The van der Waals surface area contributed by atoms with E-state index in [2.05, 4.69) is 4.37 Å². The van der Waals surface area contributed by atoms with E-state index in [1.54, 1.807) is 0 Å². The van der Waals surface area contributed by atoms with Gasteiger partial charge in [-0.05, 0) is 30.1 Å². The smallest absolute Gasteiger partial charge is 0.257 e. The molecule has 0 aliphatic heterocycles. The Morgan fingerprint density at radius 1 is 1.45 bits per heavy atom. The van der Waals surface area contributed by atoms with Crippen LogP contribution in [0, 0.1) is 6.92 Å². The Kier molecular flexibility index (Phi) is 1.32. The molecule has 1 N–H and O–H groups in total. The van der Waals surface area contributed by atoms with E-state index in [1.165, 1.54) is 0 Å². The van der Waals surface area contributed by atoms with Crippen molar-refractivity contribution >= 4 is 22.4 Å². The first-order valence-electron chi connectivity index (χ1n) is 3.36. The number of hydrogen-bond donors (Lipinski definition) is 1. The molecule has 56 valence electrons. The Bertz CT molecular complexity index is 441. The van der Waals surface area contributed by atoms with Crippen LogP contribution in [-0.4, -0.2) is 4.37 Å². The van der Waals surface area contributed by atoms with Gasteiger partial charge in [0.25, 0.3) is 4.74 Å². The molecule has 2 aromatic rings. The van der Waals surface area contributed by atoms with E-state index >= 15 is 0 Å². The summed E-state index contributed by atoms with van der Waals surface area (Å²) in [5.74, 6) is 0. The highest BCUT2D eigenvalue weighted by molar-refractivity contribution is 7.04. The Balaban J connectivity index is 3.08. The minimum absolute atomic E-state index is 0.123. The van der Waals surface area contributed by atoms with E-state index in [-0.39, 0.29) is 4.74 Å². The van der Waals surface area contributed by atoms with Crippen molar-refractivity contribution in [2.45, 2.75) is 6.92 Å². The molecule has 0 aliphatic carbocycles. The number of benzene rings is 1. The van der Waals surface area contributed by atoms with Crippen LogP contribution in [0.4, 0.5) is 0 Å². The van der Waals surface area contributed by atoms with Crippen molar-refractivity contribution in [3.05, 3.63) is 33.3 Å². The van der Waals surface area contributed by atoms with Crippen molar-refractivity contribution in [2.24, 2.45) is 0 Å². The third-order valence-electron chi connectivity index (χ3n) is 1.73. The highest BCUT2D eigenvalue weighted by Gasteiger charge is 2.01. The quantitative estimate of drug-likeness (QED) is 0.635. The molecule has 0 radical (unpaired) electrons. The van der Waals surface area contributed by atoms with Gasteiger partial charge in [-0.3, -0.25) is 4.79 Å². The molecule has 0 atom stereocenters. The number of nitrogens with one attached hydrogen (secondary N) is 1. The van der Waals surface area contributed by atoms with Gasteiger partial charge in [-0.1, -0.05) is 12.1 Å². The molecule has 1 heterocycles. The molecule has 1 aromatic carbocycles. The zero-order valence-electron chi connectivity index (χ0n) is 6.05. The van der Waals surface area contributed by atoms with Gasteiger partial charge < -0.3 is 4.37 Å². The summed E-state index contributed by atoms with van der Waals surface area (Å²) in [5, 5.41) is 0.831. The average molecular weight is 165 g/mol. The highest BCUT2D eigenvalue weighted by Crippen LogP contribution is 2.12. The van der Waals surface area contributed by atoms with Crippen LogP contribution in [0.2, 0.25) is 0 Å². The maximum atomic E-state index is 11.2. The molecule has 0 unspecified atom stereocenters. The van der Waals surface area contributed by atoms with Gasteiger partial charge in [0, 0.05) is 0 Å². The molecule has 2 nitrogen and oxygen atoms in total. The molecule has 0 spiro atoms. The first-order chi connectivity index (χ1) is 5.29. The third-order valence-corrected chi connectivity index (χ3v) is 2.44. The minimum Gasteiger partial charge on any atom is -0.307 e. The molecule has 0 saturated carbocycles. The molecule has 2 rings (SSSR count).